The summed E-state index contributed by atoms with van der Waals surface area (Å²) < 4.78 is 30.0. The molecule has 1 aliphatic rings. The monoisotopic (exact) mass is 555 g/mol. The molecular weight excluding hydrogens is 522 g/mol. The molecule has 7 nitrogen and oxygen atoms in total. The van der Waals surface area contributed by atoms with Gasteiger partial charge in [-0.25, -0.2) is 18.1 Å². The maximum atomic E-state index is 13.8. The molecule has 0 radical (unpaired) electrons. The van der Waals surface area contributed by atoms with Gasteiger partial charge in [0.15, 0.2) is 0 Å². The highest BCUT2D eigenvalue weighted by molar-refractivity contribution is 7.90. The number of para-hydroxylation sites is 1. The fraction of sp³-hybridized carbons (Fsp3) is 0.281. The predicted molar refractivity (Wildman–Crippen MR) is 156 cm³/mol. The van der Waals surface area contributed by atoms with Crippen molar-refractivity contribution in [1.82, 2.24) is 14.3 Å². The zero-order valence-corrected chi connectivity index (χ0v) is 23.8. The van der Waals surface area contributed by atoms with Gasteiger partial charge in [0.1, 0.15) is 5.82 Å². The van der Waals surface area contributed by atoms with Crippen LogP contribution in [0.4, 0.5) is 0 Å². The molecule has 0 unspecified atom stereocenters. The number of nitrogens with one attached hydrogen (secondary N) is 1. The minimum absolute atomic E-state index is 0.0610. The number of aromatic nitrogens is 2. The minimum Gasteiger partial charge on any atom is -0.274 e. The van der Waals surface area contributed by atoms with Crippen molar-refractivity contribution < 1.29 is 13.2 Å². The Hall–Kier alpha value is -4.04. The van der Waals surface area contributed by atoms with Crippen LogP contribution < -0.4 is 10.3 Å². The Morgan fingerprint density at radius 2 is 1.65 bits per heavy atom. The zero-order valence-electron chi connectivity index (χ0n) is 23.0. The fourth-order valence-corrected chi connectivity index (χ4v) is 6.27. The summed E-state index contributed by atoms with van der Waals surface area (Å²) >= 11 is 0. The average Bonchev–Trinajstić information content (AvgIpc) is 3.78. The van der Waals surface area contributed by atoms with Gasteiger partial charge in [-0.1, -0.05) is 74.0 Å². The molecule has 1 aromatic heterocycles. The van der Waals surface area contributed by atoms with Gasteiger partial charge in [0.25, 0.3) is 15.6 Å². The van der Waals surface area contributed by atoms with Crippen molar-refractivity contribution in [3.63, 3.8) is 0 Å². The summed E-state index contributed by atoms with van der Waals surface area (Å²) in [6, 6.07) is 22.0. The van der Waals surface area contributed by atoms with Crippen LogP contribution in [0.2, 0.25) is 0 Å². The molecule has 0 atom stereocenters. The molecule has 1 amide bonds. The van der Waals surface area contributed by atoms with Crippen molar-refractivity contribution in [1.29, 1.82) is 0 Å². The van der Waals surface area contributed by atoms with E-state index in [-0.39, 0.29) is 16.4 Å². The number of carbonyl (C=O) groups excluding carboxylic acids is 1. The average molecular weight is 556 g/mol. The Morgan fingerprint density at radius 3 is 2.33 bits per heavy atom. The summed E-state index contributed by atoms with van der Waals surface area (Å²) in [6.45, 7) is 5.92. The lowest BCUT2D eigenvalue weighted by atomic mass is 9.99. The quantitative estimate of drug-likeness (QED) is 0.303. The summed E-state index contributed by atoms with van der Waals surface area (Å²) in [6.07, 6.45) is 3.42. The van der Waals surface area contributed by atoms with E-state index in [0.717, 1.165) is 41.8 Å². The molecule has 1 fully saturated rings. The van der Waals surface area contributed by atoms with Crippen molar-refractivity contribution in [2.24, 2.45) is 5.92 Å². The second-order valence-electron chi connectivity index (χ2n) is 10.4. The molecule has 5 rings (SSSR count). The summed E-state index contributed by atoms with van der Waals surface area (Å²) in [5.41, 5.74) is 5.35. The topological polar surface area (TPSA) is 98.1 Å². The molecule has 1 aliphatic carbocycles. The number of sulfonamides is 1. The Balaban J connectivity index is 1.49. The molecule has 3 aromatic carbocycles. The maximum absolute atomic E-state index is 13.8. The zero-order chi connectivity index (χ0) is 28.4. The summed E-state index contributed by atoms with van der Waals surface area (Å²) in [5, 5.41) is 0. The highest BCUT2D eigenvalue weighted by Gasteiger charge is 2.33. The number of rotatable bonds is 9. The summed E-state index contributed by atoms with van der Waals surface area (Å²) in [5.74, 6) is -0.00462. The highest BCUT2D eigenvalue weighted by Crippen LogP contribution is 2.31. The van der Waals surface area contributed by atoms with E-state index in [0.29, 0.717) is 35.4 Å². The Labute approximate surface area is 235 Å². The predicted octanol–water partition coefficient (Wildman–Crippen LogP) is 5.27. The number of hydrogen-bond acceptors (Lipinski definition) is 5. The van der Waals surface area contributed by atoms with E-state index in [1.54, 1.807) is 22.8 Å². The van der Waals surface area contributed by atoms with Crippen LogP contribution in [0.3, 0.4) is 0 Å². The smallest absolute Gasteiger partial charge is 0.264 e. The first-order valence-corrected chi connectivity index (χ1v) is 15.1. The van der Waals surface area contributed by atoms with Crippen LogP contribution in [0.15, 0.2) is 82.5 Å². The van der Waals surface area contributed by atoms with Crippen LogP contribution in [0, 0.1) is 19.8 Å². The largest absolute Gasteiger partial charge is 0.274 e. The molecule has 0 aliphatic heterocycles. The van der Waals surface area contributed by atoms with Gasteiger partial charge in [-0.05, 0) is 61.9 Å². The first-order valence-electron chi connectivity index (χ1n) is 13.6. The van der Waals surface area contributed by atoms with Crippen LogP contribution in [-0.4, -0.2) is 23.9 Å². The molecule has 1 heterocycles. The number of nitrogens with zero attached hydrogens (tertiary/aromatic N) is 2. The standard InChI is InChI=1S/C32H33N3O4S/c1-4-9-28-27(32(37)35(22(3)33-28)29-12-7-5-10-21(29)2)20-23-14-16-24(17-15-23)26-11-6-8-13-30(26)40(38,39)34-31(36)25-18-19-25/h5-8,10-17,25H,4,9,18-20H2,1-3H3,(H,34,36). The molecule has 0 saturated heterocycles. The SMILES string of the molecule is CCCc1nc(C)n(-c2ccccc2C)c(=O)c1Cc1ccc(-c2ccccc2S(=O)(=O)NC(=O)C2CC2)cc1. The van der Waals surface area contributed by atoms with Gasteiger partial charge >= 0.3 is 0 Å². The van der Waals surface area contributed by atoms with Crippen LogP contribution >= 0.6 is 0 Å². The van der Waals surface area contributed by atoms with E-state index in [4.69, 9.17) is 4.98 Å². The second-order valence-corrected chi connectivity index (χ2v) is 12.0. The van der Waals surface area contributed by atoms with E-state index in [1.165, 1.54) is 6.07 Å². The van der Waals surface area contributed by atoms with E-state index < -0.39 is 15.9 Å². The minimum atomic E-state index is -4.01. The number of benzene rings is 3. The Morgan fingerprint density at radius 1 is 0.975 bits per heavy atom. The van der Waals surface area contributed by atoms with Gasteiger partial charge in [-0.15, -0.1) is 0 Å². The maximum Gasteiger partial charge on any atom is 0.264 e. The molecule has 0 spiro atoms. The lowest BCUT2D eigenvalue weighted by molar-refractivity contribution is -0.120. The van der Waals surface area contributed by atoms with E-state index in [9.17, 15) is 18.0 Å². The molecule has 8 heteroatoms. The number of amides is 1. The van der Waals surface area contributed by atoms with Crippen molar-refractivity contribution in [3.8, 4) is 16.8 Å². The van der Waals surface area contributed by atoms with Crippen molar-refractivity contribution in [3.05, 3.63) is 111 Å². The van der Waals surface area contributed by atoms with Crippen LogP contribution in [0.1, 0.15) is 54.4 Å². The van der Waals surface area contributed by atoms with Gasteiger partial charge in [0.05, 0.1) is 16.3 Å². The molecular formula is C32H33N3O4S. The second kappa shape index (κ2) is 11.2. The normalized spacial score (nSPS) is 13.3. The van der Waals surface area contributed by atoms with Crippen LogP contribution in [-0.2, 0) is 27.7 Å². The van der Waals surface area contributed by atoms with Crippen molar-refractivity contribution in [2.75, 3.05) is 0 Å². The van der Waals surface area contributed by atoms with Crippen molar-refractivity contribution in [2.45, 2.75) is 57.8 Å². The van der Waals surface area contributed by atoms with E-state index in [1.807, 2.05) is 62.4 Å². The number of hydrogen-bond donors (Lipinski definition) is 1. The van der Waals surface area contributed by atoms with Gasteiger partial charge in [0, 0.05) is 23.5 Å². The van der Waals surface area contributed by atoms with Crippen LogP contribution in [0.25, 0.3) is 16.8 Å². The van der Waals surface area contributed by atoms with Gasteiger partial charge in [-0.2, -0.15) is 0 Å². The third-order valence-electron chi connectivity index (χ3n) is 7.28. The lowest BCUT2D eigenvalue weighted by Gasteiger charge is -2.17. The number of carbonyl (C=O) groups is 1. The molecule has 1 N–H and O–H groups in total. The summed E-state index contributed by atoms with van der Waals surface area (Å²) in [4.78, 5) is 30.9. The highest BCUT2D eigenvalue weighted by atomic mass is 32.2. The van der Waals surface area contributed by atoms with E-state index >= 15 is 0 Å². The third-order valence-corrected chi connectivity index (χ3v) is 8.68. The molecule has 206 valence electrons. The van der Waals surface area contributed by atoms with Gasteiger partial charge < -0.3 is 0 Å². The lowest BCUT2D eigenvalue weighted by Crippen LogP contribution is -2.32. The van der Waals surface area contributed by atoms with Gasteiger partial charge in [-0.3, -0.25) is 14.2 Å². The molecule has 40 heavy (non-hydrogen) atoms. The fourth-order valence-electron chi connectivity index (χ4n) is 5.00. The van der Waals surface area contributed by atoms with Crippen molar-refractivity contribution >= 4 is 15.9 Å². The Kier molecular flexibility index (Phi) is 7.72. The van der Waals surface area contributed by atoms with Crippen LogP contribution in [0.5, 0.6) is 0 Å². The molecule has 1 saturated carbocycles. The number of aryl methyl sites for hydroxylation is 3. The summed E-state index contributed by atoms with van der Waals surface area (Å²) in [7, 11) is -4.01. The van der Waals surface area contributed by atoms with Gasteiger partial charge in [0.2, 0.25) is 5.91 Å². The first kappa shape index (κ1) is 27.5. The Bertz CT molecular complexity index is 1740. The molecule has 0 bridgehead atoms. The third kappa shape index (κ3) is 5.63. The van der Waals surface area contributed by atoms with E-state index in [2.05, 4.69) is 11.6 Å². The first-order chi connectivity index (χ1) is 19.2. The molecule has 4 aromatic rings.